The van der Waals surface area contributed by atoms with E-state index in [-0.39, 0.29) is 5.56 Å². The molecule has 1 nitrogen and oxygen atoms in total. The molecule has 2 rings (SSSR count). The predicted octanol–water partition coefficient (Wildman–Crippen LogP) is 5.86. The zero-order valence-electron chi connectivity index (χ0n) is 12.8. The van der Waals surface area contributed by atoms with Crippen LogP contribution in [-0.4, -0.2) is 11.4 Å². The van der Waals surface area contributed by atoms with E-state index in [4.69, 9.17) is 0 Å². The minimum Gasteiger partial charge on any atom is -0.242 e. The van der Waals surface area contributed by atoms with Gasteiger partial charge in [0.25, 0.3) is 6.43 Å². The molecule has 1 aromatic carbocycles. The smallest absolute Gasteiger partial charge is 0.242 e. The van der Waals surface area contributed by atoms with E-state index in [1.54, 1.807) is 0 Å². The maximum Gasteiger partial charge on any atom is 0.268 e. The van der Waals surface area contributed by atoms with Gasteiger partial charge in [0.15, 0.2) is 11.6 Å². The van der Waals surface area contributed by atoms with Crippen LogP contribution in [0, 0.1) is 17.5 Å². The zero-order valence-corrected chi connectivity index (χ0v) is 12.8. The van der Waals surface area contributed by atoms with E-state index in [9.17, 15) is 26.3 Å². The number of alkyl halides is 2. The molecule has 0 saturated heterocycles. The van der Waals surface area contributed by atoms with Crippen LogP contribution < -0.4 is 0 Å². The van der Waals surface area contributed by atoms with Crippen molar-refractivity contribution in [3.63, 3.8) is 0 Å². The third-order valence-corrected chi connectivity index (χ3v) is 3.43. The van der Waals surface area contributed by atoms with Gasteiger partial charge in [-0.25, -0.2) is 31.3 Å². The van der Waals surface area contributed by atoms with Crippen molar-refractivity contribution in [2.24, 2.45) is 0 Å². The van der Waals surface area contributed by atoms with Gasteiger partial charge < -0.3 is 0 Å². The molecule has 24 heavy (non-hydrogen) atoms. The van der Waals surface area contributed by atoms with Gasteiger partial charge in [0.05, 0.1) is 11.9 Å². The number of hydrogen-bond donors (Lipinski definition) is 0. The number of rotatable bonds is 4. The van der Waals surface area contributed by atoms with Gasteiger partial charge in [0.1, 0.15) is 17.2 Å². The van der Waals surface area contributed by atoms with E-state index >= 15 is 0 Å². The highest BCUT2D eigenvalue weighted by Crippen LogP contribution is 2.34. The maximum atomic E-state index is 14.6. The SMILES string of the molecule is CC(C)c1c(F)c(C(=CF)C(F)F)nc(-c2ccc(F)cc2)c1F. The van der Waals surface area contributed by atoms with Gasteiger partial charge in [-0.1, -0.05) is 13.8 Å². The second kappa shape index (κ2) is 7.07. The Morgan fingerprint density at radius 2 is 1.58 bits per heavy atom. The molecule has 0 aliphatic heterocycles. The molecule has 7 heteroatoms. The Kier molecular flexibility index (Phi) is 5.31. The lowest BCUT2D eigenvalue weighted by Gasteiger charge is -2.16. The highest BCUT2D eigenvalue weighted by atomic mass is 19.3. The van der Waals surface area contributed by atoms with Crippen molar-refractivity contribution in [3.05, 3.63) is 59.3 Å². The average molecular weight is 345 g/mol. The summed E-state index contributed by atoms with van der Waals surface area (Å²) in [5.74, 6) is -3.69. The zero-order chi connectivity index (χ0) is 18.0. The first kappa shape index (κ1) is 18.0. The van der Waals surface area contributed by atoms with Crippen LogP contribution >= 0.6 is 0 Å². The van der Waals surface area contributed by atoms with E-state index in [1.807, 2.05) is 0 Å². The summed E-state index contributed by atoms with van der Waals surface area (Å²) in [5.41, 5.74) is -3.12. The summed E-state index contributed by atoms with van der Waals surface area (Å²) < 4.78 is 80.7. The largest absolute Gasteiger partial charge is 0.268 e. The summed E-state index contributed by atoms with van der Waals surface area (Å²) in [5, 5.41) is 0. The molecular formula is C17H13F6N. The van der Waals surface area contributed by atoms with E-state index in [0.29, 0.717) is 0 Å². The van der Waals surface area contributed by atoms with Gasteiger partial charge in [-0.3, -0.25) is 0 Å². The Labute approximate surface area is 134 Å². The average Bonchev–Trinajstić information content (AvgIpc) is 2.50. The van der Waals surface area contributed by atoms with Crippen LogP contribution in [0.5, 0.6) is 0 Å². The van der Waals surface area contributed by atoms with Crippen LogP contribution in [0.3, 0.4) is 0 Å². The Morgan fingerprint density at radius 1 is 1.00 bits per heavy atom. The fourth-order valence-corrected chi connectivity index (χ4v) is 2.26. The third-order valence-electron chi connectivity index (χ3n) is 3.43. The van der Waals surface area contributed by atoms with Gasteiger partial charge >= 0.3 is 0 Å². The van der Waals surface area contributed by atoms with Gasteiger partial charge in [0.2, 0.25) is 0 Å². The van der Waals surface area contributed by atoms with Crippen molar-refractivity contribution < 1.29 is 26.3 Å². The Hall–Kier alpha value is -2.31. The van der Waals surface area contributed by atoms with Crippen molar-refractivity contribution in [2.75, 3.05) is 0 Å². The molecule has 0 unspecified atom stereocenters. The lowest BCUT2D eigenvalue weighted by molar-refractivity contribution is 0.212. The molecule has 0 radical (unpaired) electrons. The standard InChI is InChI=1S/C17H13F6N/c1-8(2)12-13(20)15(9-3-5-10(19)6-4-9)24-16(14(12)21)11(7-18)17(22)23/h3-8,17H,1-2H3. The van der Waals surface area contributed by atoms with Crippen LogP contribution in [0.15, 0.2) is 30.6 Å². The summed E-state index contributed by atoms with van der Waals surface area (Å²) in [4.78, 5) is 3.55. The number of halogens is 6. The monoisotopic (exact) mass is 345 g/mol. The summed E-state index contributed by atoms with van der Waals surface area (Å²) >= 11 is 0. The van der Waals surface area contributed by atoms with Crippen molar-refractivity contribution in [2.45, 2.75) is 26.2 Å². The first-order valence-electron chi connectivity index (χ1n) is 7.01. The van der Waals surface area contributed by atoms with Gasteiger partial charge in [-0.15, -0.1) is 0 Å². The fraction of sp³-hybridized carbons (Fsp3) is 0.235. The number of benzene rings is 1. The molecule has 0 aliphatic carbocycles. The Balaban J connectivity index is 2.81. The highest BCUT2D eigenvalue weighted by molar-refractivity contribution is 5.70. The molecular weight excluding hydrogens is 332 g/mol. The molecule has 0 saturated carbocycles. The van der Waals surface area contributed by atoms with Crippen LogP contribution in [0.4, 0.5) is 26.3 Å². The minimum atomic E-state index is -3.33. The molecule has 0 fully saturated rings. The maximum absolute atomic E-state index is 14.6. The molecule has 128 valence electrons. The van der Waals surface area contributed by atoms with E-state index in [0.717, 1.165) is 12.1 Å². The molecule has 2 aromatic rings. The molecule has 0 N–H and O–H groups in total. The lowest BCUT2D eigenvalue weighted by atomic mass is 9.96. The Morgan fingerprint density at radius 3 is 2.04 bits per heavy atom. The van der Waals surface area contributed by atoms with Crippen molar-refractivity contribution in [1.29, 1.82) is 0 Å². The fourth-order valence-electron chi connectivity index (χ4n) is 2.26. The number of aromatic nitrogens is 1. The van der Waals surface area contributed by atoms with Crippen molar-refractivity contribution in [1.82, 2.24) is 4.98 Å². The highest BCUT2D eigenvalue weighted by Gasteiger charge is 2.28. The summed E-state index contributed by atoms with van der Waals surface area (Å²) in [6.45, 7) is 2.92. The molecule has 0 atom stereocenters. The van der Waals surface area contributed by atoms with E-state index < -0.39 is 58.6 Å². The molecule has 1 heterocycles. The second-order valence-electron chi connectivity index (χ2n) is 5.38. The van der Waals surface area contributed by atoms with E-state index in [1.165, 1.54) is 26.0 Å². The Bertz CT molecular complexity index is 766. The van der Waals surface area contributed by atoms with Crippen LogP contribution in [0.1, 0.15) is 31.0 Å². The van der Waals surface area contributed by atoms with Crippen LogP contribution in [0.25, 0.3) is 16.8 Å². The first-order chi connectivity index (χ1) is 11.3. The number of nitrogens with zero attached hydrogens (tertiary/aromatic N) is 1. The molecule has 0 amide bonds. The number of allylic oxidation sites excluding steroid dienone is 1. The van der Waals surface area contributed by atoms with E-state index in [2.05, 4.69) is 4.98 Å². The lowest BCUT2D eigenvalue weighted by Crippen LogP contribution is -2.10. The number of hydrogen-bond acceptors (Lipinski definition) is 1. The second-order valence-corrected chi connectivity index (χ2v) is 5.38. The predicted molar refractivity (Wildman–Crippen MR) is 78.7 cm³/mol. The third kappa shape index (κ3) is 3.29. The summed E-state index contributed by atoms with van der Waals surface area (Å²) in [6.07, 6.45) is -3.78. The molecule has 1 aromatic heterocycles. The van der Waals surface area contributed by atoms with Gasteiger partial charge in [-0.05, 0) is 30.2 Å². The quantitative estimate of drug-likeness (QED) is 0.632. The van der Waals surface area contributed by atoms with Crippen molar-refractivity contribution >= 4 is 5.57 Å². The molecule has 0 aliphatic rings. The molecule has 0 bridgehead atoms. The summed E-state index contributed by atoms with van der Waals surface area (Å²) in [6, 6.07) is 4.39. The normalized spacial score (nSPS) is 12.3. The summed E-state index contributed by atoms with van der Waals surface area (Å²) in [7, 11) is 0. The van der Waals surface area contributed by atoms with Gasteiger partial charge in [0, 0.05) is 11.1 Å². The minimum absolute atomic E-state index is 0.0597. The van der Waals surface area contributed by atoms with Crippen molar-refractivity contribution in [3.8, 4) is 11.3 Å². The van der Waals surface area contributed by atoms with Crippen LogP contribution in [-0.2, 0) is 0 Å². The van der Waals surface area contributed by atoms with Gasteiger partial charge in [-0.2, -0.15) is 0 Å². The van der Waals surface area contributed by atoms with Crippen LogP contribution in [0.2, 0.25) is 0 Å². The first-order valence-corrected chi connectivity index (χ1v) is 7.01. The molecule has 0 spiro atoms. The topological polar surface area (TPSA) is 12.9 Å². The number of pyridine rings is 1.